The first-order valence-electron chi connectivity index (χ1n) is 7.98. The normalized spacial score (nSPS) is 20.6. The van der Waals surface area contributed by atoms with Gasteiger partial charge in [0.2, 0.25) is 0 Å². The molecule has 4 heteroatoms. The molecule has 0 saturated carbocycles. The summed E-state index contributed by atoms with van der Waals surface area (Å²) >= 11 is 0. The lowest BCUT2D eigenvalue weighted by Gasteiger charge is -2.36. The second-order valence-corrected chi connectivity index (χ2v) is 7.11. The van der Waals surface area contributed by atoms with Gasteiger partial charge in [0, 0.05) is 12.1 Å². The Morgan fingerprint density at radius 2 is 2.09 bits per heavy atom. The Kier molecular flexibility index (Phi) is 4.93. The van der Waals surface area contributed by atoms with Gasteiger partial charge in [-0.25, -0.2) is 4.79 Å². The monoisotopic (exact) mass is 315 g/mol. The van der Waals surface area contributed by atoms with Crippen molar-refractivity contribution < 1.29 is 14.3 Å². The maximum absolute atomic E-state index is 13.0. The number of benzene rings is 1. The zero-order valence-electron chi connectivity index (χ0n) is 14.1. The van der Waals surface area contributed by atoms with Crippen molar-refractivity contribution >= 4 is 11.9 Å². The zero-order chi connectivity index (χ0) is 17.1. The number of nitrogens with one attached hydrogen (secondary N) is 1. The molecule has 1 aromatic carbocycles. The van der Waals surface area contributed by atoms with Crippen LogP contribution < -0.4 is 5.32 Å². The second kappa shape index (κ2) is 6.57. The minimum atomic E-state index is -0.632. The SMILES string of the molecule is C=CC[C@]1(CNC(=O)OC(C)(C)C)CCc2ccccc2C1=O. The highest BCUT2D eigenvalue weighted by atomic mass is 16.6. The van der Waals surface area contributed by atoms with Crippen molar-refractivity contribution in [1.82, 2.24) is 5.32 Å². The van der Waals surface area contributed by atoms with E-state index in [9.17, 15) is 9.59 Å². The number of carbonyl (C=O) groups is 2. The summed E-state index contributed by atoms with van der Waals surface area (Å²) < 4.78 is 5.27. The van der Waals surface area contributed by atoms with Crippen LogP contribution in [0.25, 0.3) is 0 Å². The summed E-state index contributed by atoms with van der Waals surface area (Å²) in [4.78, 5) is 24.9. The van der Waals surface area contributed by atoms with Gasteiger partial charge in [-0.1, -0.05) is 30.3 Å². The predicted molar refractivity (Wildman–Crippen MR) is 90.6 cm³/mol. The highest BCUT2D eigenvalue weighted by Crippen LogP contribution is 2.38. The topological polar surface area (TPSA) is 55.4 Å². The number of hydrogen-bond acceptors (Lipinski definition) is 3. The van der Waals surface area contributed by atoms with E-state index in [1.807, 2.05) is 45.0 Å². The molecule has 0 unspecified atom stereocenters. The Hall–Kier alpha value is -2.10. The smallest absolute Gasteiger partial charge is 0.407 e. The van der Waals surface area contributed by atoms with E-state index in [0.29, 0.717) is 12.8 Å². The standard InChI is InChI=1S/C19H25NO3/c1-5-11-19(13-20-17(22)23-18(2,3)4)12-10-14-8-6-7-9-15(14)16(19)21/h5-9H,1,10-13H2,2-4H3,(H,20,22)/t19-/m1/s1. The van der Waals surface area contributed by atoms with Crippen LogP contribution in [0, 0.1) is 5.41 Å². The van der Waals surface area contributed by atoms with Gasteiger partial charge < -0.3 is 10.1 Å². The van der Waals surface area contributed by atoms with E-state index in [1.54, 1.807) is 6.08 Å². The Morgan fingerprint density at radius 1 is 1.39 bits per heavy atom. The predicted octanol–water partition coefficient (Wildman–Crippen LogP) is 3.90. The molecule has 124 valence electrons. The van der Waals surface area contributed by atoms with Gasteiger partial charge in [-0.3, -0.25) is 4.79 Å². The number of amides is 1. The molecule has 0 aromatic heterocycles. The van der Waals surface area contributed by atoms with Crippen molar-refractivity contribution in [2.75, 3.05) is 6.54 Å². The number of aryl methyl sites for hydroxylation is 1. The quantitative estimate of drug-likeness (QED) is 0.857. The van der Waals surface area contributed by atoms with Crippen LogP contribution in [-0.2, 0) is 11.2 Å². The summed E-state index contributed by atoms with van der Waals surface area (Å²) in [5, 5.41) is 2.77. The van der Waals surface area contributed by atoms with Gasteiger partial charge in [0.05, 0.1) is 5.41 Å². The molecule has 1 aliphatic carbocycles. The van der Waals surface area contributed by atoms with E-state index >= 15 is 0 Å². The van der Waals surface area contributed by atoms with Crippen LogP contribution in [0.15, 0.2) is 36.9 Å². The number of hydrogen-bond donors (Lipinski definition) is 1. The third-order valence-electron chi connectivity index (χ3n) is 4.12. The van der Waals surface area contributed by atoms with E-state index < -0.39 is 17.1 Å². The fraction of sp³-hybridized carbons (Fsp3) is 0.474. The van der Waals surface area contributed by atoms with Gasteiger partial charge in [-0.15, -0.1) is 6.58 Å². The summed E-state index contributed by atoms with van der Waals surface area (Å²) in [6.07, 6.45) is 3.32. The maximum Gasteiger partial charge on any atom is 0.407 e. The molecule has 0 saturated heterocycles. The molecular weight excluding hydrogens is 290 g/mol. The average molecular weight is 315 g/mol. The number of ketones is 1. The van der Waals surface area contributed by atoms with E-state index in [4.69, 9.17) is 4.74 Å². The first-order chi connectivity index (χ1) is 10.8. The number of fused-ring (bicyclic) bond motifs is 1. The first kappa shape index (κ1) is 17.3. The second-order valence-electron chi connectivity index (χ2n) is 7.11. The lowest BCUT2D eigenvalue weighted by Crippen LogP contribution is -2.46. The molecule has 0 heterocycles. The number of alkyl carbamates (subject to hydrolysis) is 1. The fourth-order valence-electron chi connectivity index (χ4n) is 3.00. The molecular formula is C19H25NO3. The van der Waals surface area contributed by atoms with Crippen LogP contribution >= 0.6 is 0 Å². The van der Waals surface area contributed by atoms with E-state index in [-0.39, 0.29) is 12.3 Å². The van der Waals surface area contributed by atoms with Crippen molar-refractivity contribution in [3.8, 4) is 0 Å². The molecule has 0 aliphatic heterocycles. The van der Waals surface area contributed by atoms with Crippen molar-refractivity contribution in [2.24, 2.45) is 5.41 Å². The largest absolute Gasteiger partial charge is 0.444 e. The first-order valence-corrected chi connectivity index (χ1v) is 7.98. The average Bonchev–Trinajstić information content (AvgIpc) is 2.47. The highest BCUT2D eigenvalue weighted by molar-refractivity contribution is 6.03. The minimum absolute atomic E-state index is 0.0790. The molecule has 2 rings (SSSR count). The van der Waals surface area contributed by atoms with Crippen molar-refractivity contribution in [3.05, 3.63) is 48.0 Å². The third-order valence-corrected chi connectivity index (χ3v) is 4.12. The maximum atomic E-state index is 13.0. The molecule has 1 aliphatic rings. The Balaban J connectivity index is 2.16. The number of carbonyl (C=O) groups excluding carboxylic acids is 2. The summed E-state index contributed by atoms with van der Waals surface area (Å²) in [6.45, 7) is 9.49. The molecule has 1 aromatic rings. The molecule has 1 atom stereocenters. The van der Waals surface area contributed by atoms with Gasteiger partial charge in [0.25, 0.3) is 0 Å². The molecule has 1 N–H and O–H groups in total. The molecule has 0 radical (unpaired) electrons. The lowest BCUT2D eigenvalue weighted by molar-refractivity contribution is 0.0486. The molecule has 23 heavy (non-hydrogen) atoms. The number of Topliss-reactive ketones (excluding diaryl/α,β-unsaturated/α-hetero) is 1. The zero-order valence-corrected chi connectivity index (χ0v) is 14.1. The fourth-order valence-corrected chi connectivity index (χ4v) is 3.00. The molecule has 0 bridgehead atoms. The summed E-state index contributed by atoms with van der Waals surface area (Å²) in [5.41, 5.74) is 0.646. The summed E-state index contributed by atoms with van der Waals surface area (Å²) in [6, 6.07) is 7.68. The molecule has 1 amide bonds. The molecule has 4 nitrogen and oxygen atoms in total. The van der Waals surface area contributed by atoms with E-state index in [0.717, 1.165) is 17.5 Å². The van der Waals surface area contributed by atoms with Crippen LogP contribution in [-0.4, -0.2) is 24.0 Å². The van der Waals surface area contributed by atoms with Crippen LogP contribution in [0.2, 0.25) is 0 Å². The van der Waals surface area contributed by atoms with Crippen molar-refractivity contribution in [3.63, 3.8) is 0 Å². The van der Waals surface area contributed by atoms with E-state index in [1.165, 1.54) is 0 Å². The van der Waals surface area contributed by atoms with Crippen LogP contribution in [0.5, 0.6) is 0 Å². The van der Waals surface area contributed by atoms with Crippen LogP contribution in [0.3, 0.4) is 0 Å². The minimum Gasteiger partial charge on any atom is -0.444 e. The molecule has 0 fully saturated rings. The number of allylic oxidation sites excluding steroid dienone is 1. The lowest BCUT2D eigenvalue weighted by atomic mass is 9.68. The van der Waals surface area contributed by atoms with Crippen LogP contribution in [0.1, 0.15) is 49.5 Å². The van der Waals surface area contributed by atoms with Gasteiger partial charge >= 0.3 is 6.09 Å². The Bertz CT molecular complexity index is 615. The van der Waals surface area contributed by atoms with Gasteiger partial charge in [-0.05, 0) is 45.6 Å². The van der Waals surface area contributed by atoms with Gasteiger partial charge in [0.1, 0.15) is 5.60 Å². The highest BCUT2D eigenvalue weighted by Gasteiger charge is 2.41. The number of rotatable bonds is 4. The van der Waals surface area contributed by atoms with Crippen molar-refractivity contribution in [1.29, 1.82) is 0 Å². The Labute approximate surface area is 137 Å². The molecule has 0 spiro atoms. The van der Waals surface area contributed by atoms with Gasteiger partial charge in [0.15, 0.2) is 5.78 Å². The third kappa shape index (κ3) is 4.01. The number of ether oxygens (including phenoxy) is 1. The van der Waals surface area contributed by atoms with Crippen molar-refractivity contribution in [2.45, 2.75) is 45.6 Å². The van der Waals surface area contributed by atoms with Gasteiger partial charge in [-0.2, -0.15) is 0 Å². The van der Waals surface area contributed by atoms with E-state index in [2.05, 4.69) is 11.9 Å². The Morgan fingerprint density at radius 3 is 2.74 bits per heavy atom. The summed E-state index contributed by atoms with van der Waals surface area (Å²) in [7, 11) is 0. The summed E-state index contributed by atoms with van der Waals surface area (Å²) in [5.74, 6) is 0.0790. The van der Waals surface area contributed by atoms with Crippen LogP contribution in [0.4, 0.5) is 4.79 Å².